The molecule has 2 aromatic rings. The number of rotatable bonds is 3. The van der Waals surface area contributed by atoms with Crippen molar-refractivity contribution in [1.82, 2.24) is 19.9 Å². The summed E-state index contributed by atoms with van der Waals surface area (Å²) in [7, 11) is 0. The number of fused-ring (bicyclic) bond motifs is 1. The zero-order valence-corrected chi connectivity index (χ0v) is 12.6. The average molecular weight is 308 g/mol. The molecule has 1 spiro atoms. The van der Waals surface area contributed by atoms with Crippen molar-refractivity contribution >= 4 is 22.8 Å². The van der Waals surface area contributed by atoms with Crippen LogP contribution in [0.5, 0.6) is 0 Å². The lowest BCUT2D eigenvalue weighted by Crippen LogP contribution is -2.58. The molecule has 5 rings (SSSR count). The minimum atomic E-state index is 0.131. The molecular weight excluding hydrogens is 292 g/mol. The maximum Gasteiger partial charge on any atom is 0.224 e. The summed E-state index contributed by atoms with van der Waals surface area (Å²) in [6, 6.07) is 4.73. The number of nitriles is 1. The number of likely N-dealkylation sites (tertiary alicyclic amines) is 1. The second-order valence-electron chi connectivity index (χ2n) is 6.75. The topological polar surface area (TPSA) is 88.9 Å². The highest BCUT2D eigenvalue weighted by molar-refractivity contribution is 5.88. The molecule has 1 N–H and O–H groups in total. The van der Waals surface area contributed by atoms with E-state index >= 15 is 0 Å². The molecular formula is C16H16N6O. The smallest absolute Gasteiger partial charge is 0.224 e. The van der Waals surface area contributed by atoms with Gasteiger partial charge < -0.3 is 14.8 Å². The van der Waals surface area contributed by atoms with E-state index in [4.69, 9.17) is 5.26 Å². The summed E-state index contributed by atoms with van der Waals surface area (Å²) in [5.74, 6) is 1.08. The van der Waals surface area contributed by atoms with Gasteiger partial charge in [-0.05, 0) is 12.5 Å². The highest BCUT2D eigenvalue weighted by atomic mass is 16.2. The molecule has 23 heavy (non-hydrogen) atoms. The number of amides is 1. The molecule has 2 saturated heterocycles. The van der Waals surface area contributed by atoms with Gasteiger partial charge in [-0.1, -0.05) is 0 Å². The predicted octanol–water partition coefficient (Wildman–Crippen LogP) is 1.05. The van der Waals surface area contributed by atoms with Crippen LogP contribution in [0.3, 0.4) is 0 Å². The van der Waals surface area contributed by atoms with Crippen molar-refractivity contribution in [3.05, 3.63) is 18.6 Å². The Hall–Kier alpha value is -2.62. The summed E-state index contributed by atoms with van der Waals surface area (Å²) in [5, 5.41) is 9.71. The minimum absolute atomic E-state index is 0.131. The monoisotopic (exact) mass is 308 g/mol. The van der Waals surface area contributed by atoms with Crippen LogP contribution in [-0.4, -0.2) is 50.9 Å². The van der Waals surface area contributed by atoms with Gasteiger partial charge in [-0.2, -0.15) is 5.26 Å². The first-order valence-electron chi connectivity index (χ1n) is 7.96. The first-order chi connectivity index (χ1) is 11.2. The average Bonchev–Trinajstić information content (AvgIpc) is 2.88. The van der Waals surface area contributed by atoms with Gasteiger partial charge in [-0.25, -0.2) is 9.97 Å². The standard InChI is InChI=1S/C16H16N6O/c17-4-1-2-13(23)22-11-6-16(11)8-21(7-12(16)22)15-10-3-5-18-14(10)19-9-20-15/h3,5,9,11-12H,1-2,6-8H2,(H,18,19,20). The summed E-state index contributed by atoms with van der Waals surface area (Å²) in [5.41, 5.74) is 1.12. The van der Waals surface area contributed by atoms with Gasteiger partial charge >= 0.3 is 0 Å². The van der Waals surface area contributed by atoms with Crippen molar-refractivity contribution in [3.63, 3.8) is 0 Å². The lowest BCUT2D eigenvalue weighted by atomic mass is 9.89. The molecule has 3 aliphatic rings. The Labute approximate surface area is 132 Å². The molecule has 0 radical (unpaired) electrons. The van der Waals surface area contributed by atoms with Crippen LogP contribution in [0.15, 0.2) is 18.6 Å². The van der Waals surface area contributed by atoms with E-state index in [1.54, 1.807) is 6.33 Å². The van der Waals surface area contributed by atoms with E-state index in [0.717, 1.165) is 36.4 Å². The first kappa shape index (κ1) is 12.9. The Balaban J connectivity index is 1.41. The Morgan fingerprint density at radius 2 is 2.39 bits per heavy atom. The van der Waals surface area contributed by atoms with Crippen LogP contribution >= 0.6 is 0 Å². The minimum Gasteiger partial charge on any atom is -0.353 e. The molecule has 7 heteroatoms. The van der Waals surface area contributed by atoms with Gasteiger partial charge in [-0.15, -0.1) is 0 Å². The molecule has 3 unspecified atom stereocenters. The number of H-pyrrole nitrogens is 1. The molecule has 0 bridgehead atoms. The van der Waals surface area contributed by atoms with Crippen molar-refractivity contribution in [2.75, 3.05) is 18.0 Å². The Morgan fingerprint density at radius 3 is 3.26 bits per heavy atom. The molecule has 7 nitrogen and oxygen atoms in total. The SMILES string of the molecule is N#CCCC(=O)N1C2CN(c3ncnc4[nH]ccc34)CC23CC13. The zero-order chi connectivity index (χ0) is 15.6. The number of carbonyl (C=O) groups excluding carboxylic acids is 1. The highest BCUT2D eigenvalue weighted by Crippen LogP contribution is 2.67. The normalized spacial score (nSPS) is 30.6. The maximum atomic E-state index is 12.3. The molecule has 2 aromatic heterocycles. The summed E-state index contributed by atoms with van der Waals surface area (Å²) in [6.45, 7) is 1.79. The fourth-order valence-corrected chi connectivity index (χ4v) is 4.53. The Bertz CT molecular complexity index is 854. The number of carbonyl (C=O) groups is 1. The van der Waals surface area contributed by atoms with Crippen LogP contribution in [0.2, 0.25) is 0 Å². The van der Waals surface area contributed by atoms with E-state index in [2.05, 4.69) is 25.9 Å². The van der Waals surface area contributed by atoms with Crippen molar-refractivity contribution < 1.29 is 4.79 Å². The first-order valence-corrected chi connectivity index (χ1v) is 7.96. The van der Waals surface area contributed by atoms with Gasteiger partial charge in [0.05, 0.1) is 17.5 Å². The summed E-state index contributed by atoms with van der Waals surface area (Å²) < 4.78 is 0. The molecule has 1 aliphatic carbocycles. The fourth-order valence-electron chi connectivity index (χ4n) is 4.53. The van der Waals surface area contributed by atoms with Gasteiger partial charge in [0.2, 0.25) is 5.91 Å². The van der Waals surface area contributed by atoms with Crippen molar-refractivity contribution in [3.8, 4) is 6.07 Å². The lowest BCUT2D eigenvalue weighted by Gasteiger charge is -2.42. The molecule has 4 heterocycles. The summed E-state index contributed by atoms with van der Waals surface area (Å²) in [4.78, 5) is 28.4. The van der Waals surface area contributed by atoms with Crippen LogP contribution in [0.25, 0.3) is 11.0 Å². The van der Waals surface area contributed by atoms with Crippen molar-refractivity contribution in [2.24, 2.45) is 5.41 Å². The van der Waals surface area contributed by atoms with E-state index in [1.807, 2.05) is 17.2 Å². The number of hydrogen-bond acceptors (Lipinski definition) is 5. The number of nitrogens with zero attached hydrogens (tertiary/aromatic N) is 5. The maximum absolute atomic E-state index is 12.3. The van der Waals surface area contributed by atoms with Gasteiger partial charge in [0.25, 0.3) is 0 Å². The van der Waals surface area contributed by atoms with Crippen LogP contribution in [0.1, 0.15) is 19.3 Å². The van der Waals surface area contributed by atoms with E-state index in [9.17, 15) is 4.79 Å². The van der Waals surface area contributed by atoms with Gasteiger partial charge in [0.1, 0.15) is 17.8 Å². The molecule has 1 saturated carbocycles. The number of anilines is 1. The molecule has 0 aromatic carbocycles. The van der Waals surface area contributed by atoms with Crippen LogP contribution < -0.4 is 4.90 Å². The Morgan fingerprint density at radius 1 is 1.48 bits per heavy atom. The molecule has 3 atom stereocenters. The van der Waals surface area contributed by atoms with Crippen LogP contribution in [-0.2, 0) is 4.79 Å². The Kier molecular flexibility index (Phi) is 2.36. The summed E-state index contributed by atoms with van der Waals surface area (Å²) >= 11 is 0. The van der Waals surface area contributed by atoms with E-state index in [0.29, 0.717) is 18.9 Å². The number of hydrogen-bond donors (Lipinski definition) is 1. The molecule has 2 aliphatic heterocycles. The van der Waals surface area contributed by atoms with E-state index in [1.165, 1.54) is 0 Å². The number of aromatic nitrogens is 3. The fraction of sp³-hybridized carbons (Fsp3) is 0.500. The second kappa shape index (κ2) is 4.22. The van der Waals surface area contributed by atoms with Gasteiger partial charge in [0, 0.05) is 43.6 Å². The quantitative estimate of drug-likeness (QED) is 0.915. The largest absolute Gasteiger partial charge is 0.353 e. The summed E-state index contributed by atoms with van der Waals surface area (Å²) in [6.07, 6.45) is 5.21. The lowest BCUT2D eigenvalue weighted by molar-refractivity contribution is -0.141. The zero-order valence-electron chi connectivity index (χ0n) is 12.6. The third-order valence-electron chi connectivity index (χ3n) is 5.66. The van der Waals surface area contributed by atoms with Crippen LogP contribution in [0.4, 0.5) is 5.82 Å². The second-order valence-corrected chi connectivity index (χ2v) is 6.75. The predicted molar refractivity (Wildman–Crippen MR) is 82.4 cm³/mol. The molecule has 116 valence electrons. The van der Waals surface area contributed by atoms with Crippen molar-refractivity contribution in [1.29, 1.82) is 5.26 Å². The highest BCUT2D eigenvalue weighted by Gasteiger charge is 2.77. The van der Waals surface area contributed by atoms with Gasteiger partial charge in [-0.3, -0.25) is 4.79 Å². The number of nitrogens with one attached hydrogen (secondary N) is 1. The molecule has 1 amide bonds. The molecule has 3 fully saturated rings. The van der Waals surface area contributed by atoms with Gasteiger partial charge in [0.15, 0.2) is 0 Å². The number of aromatic amines is 1. The van der Waals surface area contributed by atoms with E-state index in [-0.39, 0.29) is 17.4 Å². The third kappa shape index (κ3) is 1.55. The van der Waals surface area contributed by atoms with E-state index < -0.39 is 0 Å². The van der Waals surface area contributed by atoms with Crippen LogP contribution in [0, 0.1) is 16.7 Å². The third-order valence-corrected chi connectivity index (χ3v) is 5.66. The van der Waals surface area contributed by atoms with Crippen molar-refractivity contribution in [2.45, 2.75) is 31.3 Å².